The van der Waals surface area contributed by atoms with E-state index in [1.807, 2.05) is 6.92 Å². The zero-order valence-corrected chi connectivity index (χ0v) is 10.6. The number of aromatic nitrogens is 4. The molecule has 0 radical (unpaired) electrons. The molecule has 0 aliphatic rings. The third kappa shape index (κ3) is 1.80. The molecule has 0 atom stereocenters. The molecule has 0 unspecified atom stereocenters. The van der Waals surface area contributed by atoms with Crippen molar-refractivity contribution in [2.24, 2.45) is 0 Å². The first-order valence-electron chi connectivity index (χ1n) is 5.46. The smallest absolute Gasteiger partial charge is 0.262 e. The summed E-state index contributed by atoms with van der Waals surface area (Å²) in [5, 5.41) is 7.98. The number of aryl methyl sites for hydroxylation is 1. The molecule has 0 N–H and O–H groups in total. The molecule has 96 valence electrons. The Morgan fingerprint density at radius 1 is 1.32 bits per heavy atom. The highest BCUT2D eigenvalue weighted by Crippen LogP contribution is 2.19. The number of hydrogen-bond acceptors (Lipinski definition) is 3. The van der Waals surface area contributed by atoms with Gasteiger partial charge in [-0.15, -0.1) is 10.2 Å². The van der Waals surface area contributed by atoms with E-state index in [4.69, 9.17) is 11.6 Å². The quantitative estimate of drug-likeness (QED) is 0.640. The molecule has 0 spiro atoms. The maximum absolute atomic E-state index is 13.6. The number of nitrogens with zero attached hydrogens (tertiary/aromatic N) is 4. The van der Waals surface area contributed by atoms with Crippen LogP contribution in [0.4, 0.5) is 4.39 Å². The van der Waals surface area contributed by atoms with Crippen LogP contribution in [0.15, 0.2) is 35.4 Å². The molecule has 0 bridgehead atoms. The Hall–Kier alpha value is -2.21. The second kappa shape index (κ2) is 4.17. The second-order valence-corrected chi connectivity index (χ2v) is 4.48. The normalized spacial score (nSPS) is 11.1. The number of rotatable bonds is 1. The molecule has 3 aromatic rings. The van der Waals surface area contributed by atoms with Gasteiger partial charge >= 0.3 is 0 Å². The summed E-state index contributed by atoms with van der Waals surface area (Å²) in [6, 6.07) is 5.97. The third-order valence-electron chi connectivity index (χ3n) is 2.82. The fourth-order valence-corrected chi connectivity index (χ4v) is 1.99. The average Bonchev–Trinajstić information content (AvgIpc) is 2.83. The van der Waals surface area contributed by atoms with Gasteiger partial charge in [-0.3, -0.25) is 4.79 Å². The van der Waals surface area contributed by atoms with Crippen molar-refractivity contribution in [3.8, 4) is 5.69 Å². The summed E-state index contributed by atoms with van der Waals surface area (Å²) in [7, 11) is 0. The van der Waals surface area contributed by atoms with Crippen LogP contribution in [0.1, 0.15) is 5.56 Å². The molecule has 5 nitrogen and oxygen atoms in total. The fraction of sp³-hybridized carbons (Fsp3) is 0.0833. The minimum Gasteiger partial charge on any atom is -0.269 e. The molecule has 3 rings (SSSR count). The van der Waals surface area contributed by atoms with Gasteiger partial charge in [-0.25, -0.2) is 8.97 Å². The van der Waals surface area contributed by atoms with E-state index in [9.17, 15) is 9.18 Å². The Bertz CT molecular complexity index is 839. The SMILES string of the molecule is Cc1cc(-n2c(=O)cc(F)n3cnnc23)ccc1Cl. The van der Waals surface area contributed by atoms with Gasteiger partial charge in [0.25, 0.3) is 5.56 Å². The minimum atomic E-state index is -0.702. The molecular weight excluding hydrogens is 271 g/mol. The van der Waals surface area contributed by atoms with Gasteiger partial charge < -0.3 is 0 Å². The monoisotopic (exact) mass is 278 g/mol. The summed E-state index contributed by atoms with van der Waals surface area (Å²) in [6.45, 7) is 1.82. The lowest BCUT2D eigenvalue weighted by atomic mass is 10.2. The van der Waals surface area contributed by atoms with Gasteiger partial charge in [-0.1, -0.05) is 11.6 Å². The lowest BCUT2D eigenvalue weighted by Crippen LogP contribution is -2.21. The average molecular weight is 279 g/mol. The van der Waals surface area contributed by atoms with Crippen LogP contribution in [-0.2, 0) is 0 Å². The predicted molar refractivity (Wildman–Crippen MR) is 68.3 cm³/mol. The fourth-order valence-electron chi connectivity index (χ4n) is 1.88. The van der Waals surface area contributed by atoms with E-state index in [-0.39, 0.29) is 5.78 Å². The van der Waals surface area contributed by atoms with Crippen molar-refractivity contribution in [2.75, 3.05) is 0 Å². The van der Waals surface area contributed by atoms with Gasteiger partial charge in [0.05, 0.1) is 11.8 Å². The third-order valence-corrected chi connectivity index (χ3v) is 3.25. The van der Waals surface area contributed by atoms with Crippen molar-refractivity contribution in [3.05, 3.63) is 57.5 Å². The van der Waals surface area contributed by atoms with E-state index in [2.05, 4.69) is 10.2 Å². The maximum atomic E-state index is 13.6. The second-order valence-electron chi connectivity index (χ2n) is 4.08. The highest BCUT2D eigenvalue weighted by molar-refractivity contribution is 6.31. The summed E-state index contributed by atoms with van der Waals surface area (Å²) >= 11 is 5.95. The topological polar surface area (TPSA) is 52.2 Å². The number of halogens is 2. The maximum Gasteiger partial charge on any atom is 0.262 e. The summed E-state index contributed by atoms with van der Waals surface area (Å²) in [6.07, 6.45) is 1.21. The van der Waals surface area contributed by atoms with Gasteiger partial charge in [0.15, 0.2) is 0 Å². The molecule has 7 heteroatoms. The van der Waals surface area contributed by atoms with Gasteiger partial charge in [-0.05, 0) is 30.7 Å². The molecule has 0 aliphatic carbocycles. The lowest BCUT2D eigenvalue weighted by molar-refractivity contribution is 0.557. The largest absolute Gasteiger partial charge is 0.269 e. The van der Waals surface area contributed by atoms with Crippen molar-refractivity contribution < 1.29 is 4.39 Å². The Kier molecular flexibility index (Phi) is 2.60. The minimum absolute atomic E-state index is 0.117. The van der Waals surface area contributed by atoms with E-state index >= 15 is 0 Å². The molecule has 0 saturated heterocycles. The van der Waals surface area contributed by atoms with Gasteiger partial charge in [0.1, 0.15) is 6.33 Å². The standard InChI is InChI=1S/C12H8ClFN4O/c1-7-4-8(2-3-9(7)13)18-11(19)5-10(14)17-6-15-16-12(17)18/h2-6H,1H3. The van der Waals surface area contributed by atoms with Crippen molar-refractivity contribution in [1.82, 2.24) is 19.2 Å². The Labute approximate surface area is 111 Å². The van der Waals surface area contributed by atoms with Crippen LogP contribution in [0.25, 0.3) is 11.5 Å². The van der Waals surface area contributed by atoms with Crippen molar-refractivity contribution >= 4 is 17.4 Å². The highest BCUT2D eigenvalue weighted by atomic mass is 35.5. The van der Waals surface area contributed by atoms with E-state index in [1.54, 1.807) is 18.2 Å². The molecule has 0 fully saturated rings. The van der Waals surface area contributed by atoms with Crippen LogP contribution in [0.5, 0.6) is 0 Å². The van der Waals surface area contributed by atoms with E-state index in [0.717, 1.165) is 16.0 Å². The molecule has 0 saturated carbocycles. The predicted octanol–water partition coefficient (Wildman–Crippen LogP) is 1.98. The van der Waals surface area contributed by atoms with Gasteiger partial charge in [0, 0.05) is 5.02 Å². The Balaban J connectivity index is 2.39. The first-order valence-corrected chi connectivity index (χ1v) is 5.83. The van der Waals surface area contributed by atoms with E-state index in [1.165, 1.54) is 10.9 Å². The van der Waals surface area contributed by atoms with Crippen LogP contribution in [-0.4, -0.2) is 19.2 Å². The van der Waals surface area contributed by atoms with Gasteiger partial charge in [-0.2, -0.15) is 4.39 Å². The summed E-state index contributed by atoms with van der Waals surface area (Å²) in [5.74, 6) is -0.585. The molecule has 19 heavy (non-hydrogen) atoms. The lowest BCUT2D eigenvalue weighted by Gasteiger charge is -2.08. The van der Waals surface area contributed by atoms with Gasteiger partial charge in [0.2, 0.25) is 11.7 Å². The molecule has 2 aromatic heterocycles. The van der Waals surface area contributed by atoms with Crippen molar-refractivity contribution in [2.45, 2.75) is 6.92 Å². The zero-order valence-electron chi connectivity index (χ0n) is 9.84. The van der Waals surface area contributed by atoms with Crippen LogP contribution in [0, 0.1) is 12.9 Å². The van der Waals surface area contributed by atoms with Crippen LogP contribution < -0.4 is 5.56 Å². The van der Waals surface area contributed by atoms with Crippen LogP contribution >= 0.6 is 11.6 Å². The van der Waals surface area contributed by atoms with Crippen molar-refractivity contribution in [3.63, 3.8) is 0 Å². The molecule has 0 aliphatic heterocycles. The zero-order chi connectivity index (χ0) is 13.6. The first kappa shape index (κ1) is 11.9. The first-order chi connectivity index (χ1) is 9.08. The molecular formula is C12H8ClFN4O. The van der Waals surface area contributed by atoms with Crippen LogP contribution in [0.3, 0.4) is 0 Å². The Morgan fingerprint density at radius 2 is 2.11 bits per heavy atom. The Morgan fingerprint density at radius 3 is 2.84 bits per heavy atom. The summed E-state index contributed by atoms with van der Waals surface area (Å²) < 4.78 is 15.9. The van der Waals surface area contributed by atoms with E-state index in [0.29, 0.717) is 10.7 Å². The molecule has 1 aromatic carbocycles. The summed E-state index contributed by atoms with van der Waals surface area (Å²) in [4.78, 5) is 12.0. The highest BCUT2D eigenvalue weighted by Gasteiger charge is 2.12. The number of benzene rings is 1. The number of fused-ring (bicyclic) bond motifs is 1. The molecule has 0 amide bonds. The number of hydrogen-bond donors (Lipinski definition) is 0. The van der Waals surface area contributed by atoms with Crippen LogP contribution in [0.2, 0.25) is 5.02 Å². The summed E-state index contributed by atoms with van der Waals surface area (Å²) in [5.41, 5.74) is 0.859. The van der Waals surface area contributed by atoms with E-state index < -0.39 is 11.5 Å². The molecule has 2 heterocycles. The van der Waals surface area contributed by atoms with Crippen molar-refractivity contribution in [1.29, 1.82) is 0 Å².